The van der Waals surface area contributed by atoms with Gasteiger partial charge in [0.1, 0.15) is 16.8 Å². The molecule has 0 radical (unpaired) electrons. The van der Waals surface area contributed by atoms with Crippen molar-refractivity contribution in [3.05, 3.63) is 30.0 Å². The number of hydrogen-bond donors (Lipinski definition) is 2. The summed E-state index contributed by atoms with van der Waals surface area (Å²) in [6, 6.07) is 5.27. The molecule has 2 N–H and O–H groups in total. The molecule has 0 bridgehead atoms. The number of benzene rings is 1. The van der Waals surface area contributed by atoms with Crippen LogP contribution < -0.4 is 10.6 Å². The minimum atomic E-state index is -0.585. The zero-order valence-electron chi connectivity index (χ0n) is 17.6. The van der Waals surface area contributed by atoms with E-state index in [1.807, 2.05) is 45.9 Å². The Balaban J connectivity index is 2.14. The second kappa shape index (κ2) is 8.12. The van der Waals surface area contributed by atoms with Crippen molar-refractivity contribution in [1.29, 1.82) is 0 Å². The van der Waals surface area contributed by atoms with Crippen LogP contribution in [0.1, 0.15) is 54.0 Å². The standard InChI is InChI=1S/C21H30N2O5/c1-13(22-18(24)27-20(2,3)4)10-15-12-16(11-14-8-9-26-17(14)15)23-19(25)28-21(5,6)7/h8-9,11-13H,10H2,1-7H3,(H,22,24)(H,23,25). The van der Waals surface area contributed by atoms with Crippen LogP contribution in [-0.4, -0.2) is 29.4 Å². The molecule has 1 aromatic heterocycles. The molecule has 0 saturated carbocycles. The fourth-order valence-corrected chi connectivity index (χ4v) is 2.69. The van der Waals surface area contributed by atoms with Crippen LogP contribution in [0.3, 0.4) is 0 Å². The summed E-state index contributed by atoms with van der Waals surface area (Å²) in [5, 5.41) is 6.42. The molecule has 2 rings (SSSR count). The Kier molecular flexibility index (Phi) is 6.27. The predicted octanol–water partition coefficient (Wildman–Crippen LogP) is 5.24. The van der Waals surface area contributed by atoms with E-state index in [4.69, 9.17) is 13.9 Å². The molecule has 0 spiro atoms. The highest BCUT2D eigenvalue weighted by Gasteiger charge is 2.20. The summed E-state index contributed by atoms with van der Waals surface area (Å²) < 4.78 is 16.2. The van der Waals surface area contributed by atoms with E-state index in [0.29, 0.717) is 17.7 Å². The summed E-state index contributed by atoms with van der Waals surface area (Å²) >= 11 is 0. The average molecular weight is 390 g/mol. The number of alkyl carbamates (subject to hydrolysis) is 1. The van der Waals surface area contributed by atoms with E-state index in [0.717, 1.165) is 10.9 Å². The van der Waals surface area contributed by atoms with Gasteiger partial charge in [0.2, 0.25) is 0 Å². The lowest BCUT2D eigenvalue weighted by molar-refractivity contribution is 0.0507. The molecule has 154 valence electrons. The number of hydrogen-bond acceptors (Lipinski definition) is 5. The zero-order valence-corrected chi connectivity index (χ0v) is 17.6. The Bertz CT molecular complexity index is 843. The van der Waals surface area contributed by atoms with Crippen LogP contribution in [0.5, 0.6) is 0 Å². The van der Waals surface area contributed by atoms with Crippen LogP contribution >= 0.6 is 0 Å². The lowest BCUT2D eigenvalue weighted by Crippen LogP contribution is -2.38. The molecular formula is C21H30N2O5. The number of anilines is 1. The van der Waals surface area contributed by atoms with Crippen molar-refractivity contribution in [2.24, 2.45) is 0 Å². The Morgan fingerprint density at radius 2 is 1.64 bits per heavy atom. The largest absolute Gasteiger partial charge is 0.464 e. The van der Waals surface area contributed by atoms with Crippen molar-refractivity contribution in [3.8, 4) is 0 Å². The fraction of sp³-hybridized carbons (Fsp3) is 0.524. The number of amides is 2. The van der Waals surface area contributed by atoms with Gasteiger partial charge in [-0.3, -0.25) is 5.32 Å². The third kappa shape index (κ3) is 6.79. The highest BCUT2D eigenvalue weighted by atomic mass is 16.6. The first kappa shape index (κ1) is 21.6. The maximum Gasteiger partial charge on any atom is 0.412 e. The second-order valence-corrected chi connectivity index (χ2v) is 8.85. The summed E-state index contributed by atoms with van der Waals surface area (Å²) in [5.74, 6) is 0. The van der Waals surface area contributed by atoms with Crippen molar-refractivity contribution < 1.29 is 23.5 Å². The SMILES string of the molecule is CC(Cc1cc(NC(=O)OC(C)(C)C)cc2ccoc12)NC(=O)OC(C)(C)C. The average Bonchev–Trinajstić information content (AvgIpc) is 2.90. The first-order valence-electron chi connectivity index (χ1n) is 9.32. The maximum atomic E-state index is 12.1. The van der Waals surface area contributed by atoms with Crippen LogP contribution in [0, 0.1) is 0 Å². The first-order valence-corrected chi connectivity index (χ1v) is 9.32. The van der Waals surface area contributed by atoms with Gasteiger partial charge in [0.05, 0.1) is 6.26 Å². The molecule has 1 atom stereocenters. The number of ether oxygens (including phenoxy) is 2. The summed E-state index contributed by atoms with van der Waals surface area (Å²) in [4.78, 5) is 24.1. The molecule has 7 heteroatoms. The highest BCUT2D eigenvalue weighted by Crippen LogP contribution is 2.26. The third-order valence-corrected chi connectivity index (χ3v) is 3.56. The number of furan rings is 1. The number of fused-ring (bicyclic) bond motifs is 1. The Hall–Kier alpha value is -2.70. The summed E-state index contributed by atoms with van der Waals surface area (Å²) in [7, 11) is 0. The van der Waals surface area contributed by atoms with E-state index in [9.17, 15) is 9.59 Å². The lowest BCUT2D eigenvalue weighted by Gasteiger charge is -2.22. The molecule has 2 amide bonds. The van der Waals surface area contributed by atoms with E-state index < -0.39 is 23.4 Å². The lowest BCUT2D eigenvalue weighted by atomic mass is 10.0. The topological polar surface area (TPSA) is 89.8 Å². The van der Waals surface area contributed by atoms with Crippen molar-refractivity contribution >= 4 is 28.8 Å². The van der Waals surface area contributed by atoms with Gasteiger partial charge in [0.15, 0.2) is 0 Å². The summed E-state index contributed by atoms with van der Waals surface area (Å²) in [5.41, 5.74) is 1.03. The van der Waals surface area contributed by atoms with Crippen LogP contribution in [-0.2, 0) is 15.9 Å². The number of carbonyl (C=O) groups excluding carboxylic acids is 2. The zero-order chi connectivity index (χ0) is 21.1. The number of carbonyl (C=O) groups is 2. The predicted molar refractivity (Wildman–Crippen MR) is 109 cm³/mol. The molecule has 2 aromatic rings. The van der Waals surface area contributed by atoms with Crippen molar-refractivity contribution in [3.63, 3.8) is 0 Å². The van der Waals surface area contributed by atoms with Crippen LogP contribution in [0.15, 0.2) is 28.9 Å². The molecule has 1 aromatic carbocycles. The second-order valence-electron chi connectivity index (χ2n) is 8.85. The Morgan fingerprint density at radius 3 is 2.25 bits per heavy atom. The summed E-state index contributed by atoms with van der Waals surface area (Å²) in [6.45, 7) is 12.7. The quantitative estimate of drug-likeness (QED) is 0.745. The molecule has 0 saturated heterocycles. The first-order chi connectivity index (χ1) is 12.8. The molecule has 1 heterocycles. The van der Waals surface area contributed by atoms with Gasteiger partial charge in [-0.1, -0.05) is 0 Å². The van der Waals surface area contributed by atoms with Gasteiger partial charge in [-0.2, -0.15) is 0 Å². The number of nitrogens with one attached hydrogen (secondary N) is 2. The molecular weight excluding hydrogens is 360 g/mol. The Labute approximate surface area is 165 Å². The monoisotopic (exact) mass is 390 g/mol. The molecule has 0 fully saturated rings. The molecule has 1 unspecified atom stereocenters. The van der Waals surface area contributed by atoms with Crippen molar-refractivity contribution in [1.82, 2.24) is 5.32 Å². The minimum absolute atomic E-state index is 0.195. The minimum Gasteiger partial charge on any atom is -0.464 e. The highest BCUT2D eigenvalue weighted by molar-refractivity contribution is 5.91. The Morgan fingerprint density at radius 1 is 1.04 bits per heavy atom. The van der Waals surface area contributed by atoms with Gasteiger partial charge < -0.3 is 19.2 Å². The van der Waals surface area contributed by atoms with E-state index in [2.05, 4.69) is 10.6 Å². The smallest absolute Gasteiger partial charge is 0.412 e. The van der Waals surface area contributed by atoms with Crippen LogP contribution in [0.4, 0.5) is 15.3 Å². The normalized spacial score (nSPS) is 13.1. The van der Waals surface area contributed by atoms with Crippen molar-refractivity contribution in [2.75, 3.05) is 5.32 Å². The van der Waals surface area contributed by atoms with E-state index >= 15 is 0 Å². The van der Waals surface area contributed by atoms with E-state index in [1.54, 1.807) is 27.0 Å². The van der Waals surface area contributed by atoms with E-state index in [-0.39, 0.29) is 6.04 Å². The van der Waals surface area contributed by atoms with Gasteiger partial charge in [-0.05, 0) is 78.6 Å². The maximum absolute atomic E-state index is 12.1. The molecule has 7 nitrogen and oxygen atoms in total. The molecule has 0 aliphatic carbocycles. The van der Waals surface area contributed by atoms with Gasteiger partial charge in [-0.15, -0.1) is 0 Å². The summed E-state index contributed by atoms with van der Waals surface area (Å²) in [6.07, 6.45) is 1.10. The third-order valence-electron chi connectivity index (χ3n) is 3.56. The number of rotatable bonds is 4. The fourth-order valence-electron chi connectivity index (χ4n) is 2.69. The van der Waals surface area contributed by atoms with Gasteiger partial charge >= 0.3 is 12.2 Å². The van der Waals surface area contributed by atoms with Gasteiger partial charge in [0, 0.05) is 17.1 Å². The van der Waals surface area contributed by atoms with Gasteiger partial charge in [-0.25, -0.2) is 9.59 Å². The van der Waals surface area contributed by atoms with E-state index in [1.165, 1.54) is 0 Å². The molecule has 0 aliphatic rings. The molecule has 0 aliphatic heterocycles. The molecule has 28 heavy (non-hydrogen) atoms. The van der Waals surface area contributed by atoms with Crippen LogP contribution in [0.25, 0.3) is 11.0 Å². The van der Waals surface area contributed by atoms with Crippen LogP contribution in [0.2, 0.25) is 0 Å². The van der Waals surface area contributed by atoms with Gasteiger partial charge in [0.25, 0.3) is 0 Å². The van der Waals surface area contributed by atoms with Crippen molar-refractivity contribution in [2.45, 2.75) is 72.1 Å².